The van der Waals surface area contributed by atoms with Crippen LogP contribution in [0.5, 0.6) is 0 Å². The Kier molecular flexibility index (Phi) is 4.84. The maximum atomic E-state index is 11.8. The van der Waals surface area contributed by atoms with Gasteiger partial charge in [0.25, 0.3) is 15.5 Å². The van der Waals surface area contributed by atoms with Gasteiger partial charge in [0.05, 0.1) is 6.61 Å². The highest BCUT2D eigenvalue weighted by Gasteiger charge is 2.20. The molecular formula is C8H11ClF2N2O3S. The lowest BCUT2D eigenvalue weighted by atomic mass is 10.4. The lowest BCUT2D eigenvalue weighted by Gasteiger charge is -2.01. The van der Waals surface area contributed by atoms with Gasteiger partial charge in [-0.15, -0.1) is 0 Å². The van der Waals surface area contributed by atoms with Crippen molar-refractivity contribution in [3.8, 4) is 0 Å². The van der Waals surface area contributed by atoms with E-state index < -0.39 is 22.1 Å². The highest BCUT2D eigenvalue weighted by atomic mass is 35.7. The number of halogens is 3. The third kappa shape index (κ3) is 4.21. The summed E-state index contributed by atoms with van der Waals surface area (Å²) in [5.74, 6) is 0. The van der Waals surface area contributed by atoms with Crippen LogP contribution in [0.25, 0.3) is 0 Å². The molecule has 0 aliphatic rings. The van der Waals surface area contributed by atoms with Crippen LogP contribution in [0.15, 0.2) is 11.1 Å². The highest BCUT2D eigenvalue weighted by Crippen LogP contribution is 2.19. The first-order chi connectivity index (χ1) is 7.84. The quantitative estimate of drug-likeness (QED) is 0.746. The number of aryl methyl sites for hydroxylation is 1. The van der Waals surface area contributed by atoms with Crippen molar-refractivity contribution in [1.29, 1.82) is 0 Å². The summed E-state index contributed by atoms with van der Waals surface area (Å²) >= 11 is 0. The minimum absolute atomic E-state index is 0.0301. The summed E-state index contributed by atoms with van der Waals surface area (Å²) in [6.07, 6.45) is -1.37. The normalized spacial score (nSPS) is 12.3. The second-order valence-corrected chi connectivity index (χ2v) is 5.67. The Labute approximate surface area is 102 Å². The van der Waals surface area contributed by atoms with E-state index in [4.69, 9.17) is 10.7 Å². The Bertz CT molecular complexity index is 475. The molecule has 1 aromatic rings. The molecule has 0 bridgehead atoms. The van der Waals surface area contributed by atoms with Crippen molar-refractivity contribution >= 4 is 19.7 Å². The van der Waals surface area contributed by atoms with Gasteiger partial charge in [0.15, 0.2) is 0 Å². The van der Waals surface area contributed by atoms with Gasteiger partial charge in [-0.05, 0) is 6.92 Å². The Morgan fingerprint density at radius 2 is 2.24 bits per heavy atom. The van der Waals surface area contributed by atoms with Crippen LogP contribution in [-0.2, 0) is 26.9 Å². The van der Waals surface area contributed by atoms with Crippen LogP contribution in [0.2, 0.25) is 0 Å². The fourth-order valence-electron chi connectivity index (χ4n) is 1.15. The van der Waals surface area contributed by atoms with Gasteiger partial charge < -0.3 is 4.74 Å². The second-order valence-electron chi connectivity index (χ2n) is 3.14. The molecule has 0 fully saturated rings. The average molecular weight is 289 g/mol. The molecule has 9 heteroatoms. The van der Waals surface area contributed by atoms with Gasteiger partial charge in [0, 0.05) is 23.4 Å². The first-order valence-corrected chi connectivity index (χ1v) is 7.02. The molecule has 0 spiro atoms. The van der Waals surface area contributed by atoms with Crippen molar-refractivity contribution in [2.45, 2.75) is 31.4 Å². The van der Waals surface area contributed by atoms with Gasteiger partial charge in [-0.3, -0.25) is 4.68 Å². The summed E-state index contributed by atoms with van der Waals surface area (Å²) in [4.78, 5) is -0.213. The van der Waals surface area contributed by atoms with Crippen LogP contribution in [0.1, 0.15) is 12.6 Å². The van der Waals surface area contributed by atoms with Crippen molar-refractivity contribution in [1.82, 2.24) is 9.78 Å². The van der Waals surface area contributed by atoms with Crippen LogP contribution in [0.4, 0.5) is 8.78 Å². The van der Waals surface area contributed by atoms with Crippen LogP contribution < -0.4 is 0 Å². The van der Waals surface area contributed by atoms with E-state index in [1.807, 2.05) is 0 Å². The lowest BCUT2D eigenvalue weighted by molar-refractivity contribution is 0.00804. The third-order valence-electron chi connectivity index (χ3n) is 1.87. The summed E-state index contributed by atoms with van der Waals surface area (Å²) in [7, 11) is 1.24. The number of hydrogen-bond acceptors (Lipinski definition) is 4. The zero-order valence-electron chi connectivity index (χ0n) is 8.94. The van der Waals surface area contributed by atoms with Crippen LogP contribution in [0.3, 0.4) is 0 Å². The number of hydrogen-bond donors (Lipinski definition) is 0. The number of alkyl halides is 2. The molecule has 0 radical (unpaired) electrons. The summed E-state index contributed by atoms with van der Waals surface area (Å²) in [5, 5.41) is 3.88. The molecule has 0 atom stereocenters. The van der Waals surface area contributed by atoms with E-state index in [1.165, 1.54) is 10.9 Å². The van der Waals surface area contributed by atoms with E-state index in [1.54, 1.807) is 6.92 Å². The van der Waals surface area contributed by atoms with E-state index in [2.05, 4.69) is 9.84 Å². The van der Waals surface area contributed by atoms with Crippen LogP contribution >= 0.6 is 10.7 Å². The van der Waals surface area contributed by atoms with Gasteiger partial charge in [-0.2, -0.15) is 5.10 Å². The second kappa shape index (κ2) is 5.74. The molecule has 0 unspecified atom stereocenters. The fourth-order valence-corrected chi connectivity index (χ4v) is 2.17. The summed E-state index contributed by atoms with van der Waals surface area (Å²) in [5.41, 5.74) is 0.0301. The average Bonchev–Trinajstić information content (AvgIpc) is 2.60. The van der Waals surface area contributed by atoms with E-state index >= 15 is 0 Å². The lowest BCUT2D eigenvalue weighted by Crippen LogP contribution is -2.06. The number of ether oxygens (including phenoxy) is 1. The van der Waals surface area contributed by atoms with Gasteiger partial charge in [-0.25, -0.2) is 17.2 Å². The maximum Gasteiger partial charge on any atom is 0.264 e. The minimum Gasteiger partial charge on any atom is -0.369 e. The van der Waals surface area contributed by atoms with Crippen molar-refractivity contribution < 1.29 is 21.9 Å². The number of nitrogens with zero attached hydrogens (tertiary/aromatic N) is 2. The molecule has 5 nitrogen and oxygen atoms in total. The first kappa shape index (κ1) is 14.3. The first-order valence-electron chi connectivity index (χ1n) is 4.71. The molecule has 98 valence electrons. The molecule has 0 saturated carbocycles. The number of rotatable bonds is 6. The molecule has 0 aromatic carbocycles. The SMILES string of the molecule is CCn1cc(S(=O)(=O)Cl)c(COCC(F)F)n1. The molecule has 1 heterocycles. The van der Waals surface area contributed by atoms with Crippen molar-refractivity contribution in [3.63, 3.8) is 0 Å². The monoisotopic (exact) mass is 288 g/mol. The number of aromatic nitrogens is 2. The Morgan fingerprint density at radius 1 is 1.59 bits per heavy atom. The molecule has 0 aliphatic carbocycles. The van der Waals surface area contributed by atoms with Gasteiger partial charge in [-0.1, -0.05) is 0 Å². The summed E-state index contributed by atoms with van der Waals surface area (Å²) in [6, 6.07) is 0. The Morgan fingerprint density at radius 3 is 2.71 bits per heavy atom. The molecule has 0 saturated heterocycles. The molecule has 0 amide bonds. The zero-order valence-corrected chi connectivity index (χ0v) is 10.5. The van der Waals surface area contributed by atoms with Crippen molar-refractivity contribution in [2.24, 2.45) is 0 Å². The smallest absolute Gasteiger partial charge is 0.264 e. The standard InChI is InChI=1S/C8H11ClF2N2O3S/c1-2-13-3-7(17(9,14)15)6(12-13)4-16-5-8(10)11/h3,8H,2,4-5H2,1H3. The molecule has 17 heavy (non-hydrogen) atoms. The highest BCUT2D eigenvalue weighted by molar-refractivity contribution is 8.13. The predicted molar refractivity (Wildman–Crippen MR) is 56.6 cm³/mol. The van der Waals surface area contributed by atoms with Crippen molar-refractivity contribution in [2.75, 3.05) is 6.61 Å². The van der Waals surface area contributed by atoms with Gasteiger partial charge >= 0.3 is 0 Å². The van der Waals surface area contributed by atoms with E-state index in [-0.39, 0.29) is 17.2 Å². The van der Waals surface area contributed by atoms with E-state index in [0.29, 0.717) is 6.54 Å². The molecule has 0 N–H and O–H groups in total. The minimum atomic E-state index is -3.95. The van der Waals surface area contributed by atoms with Crippen LogP contribution in [0, 0.1) is 0 Å². The molecular weight excluding hydrogens is 278 g/mol. The topological polar surface area (TPSA) is 61.2 Å². The van der Waals surface area contributed by atoms with E-state index in [9.17, 15) is 17.2 Å². The fraction of sp³-hybridized carbons (Fsp3) is 0.625. The molecule has 1 rings (SSSR count). The maximum absolute atomic E-state index is 11.8. The van der Waals surface area contributed by atoms with E-state index in [0.717, 1.165) is 0 Å². The van der Waals surface area contributed by atoms with Crippen molar-refractivity contribution in [3.05, 3.63) is 11.9 Å². The largest absolute Gasteiger partial charge is 0.369 e. The summed E-state index contributed by atoms with van der Waals surface area (Å²) < 4.78 is 52.0. The molecule has 1 aromatic heterocycles. The Hall–Kier alpha value is -0.730. The van der Waals surface area contributed by atoms with Gasteiger partial charge in [0.1, 0.15) is 17.2 Å². The predicted octanol–water partition coefficient (Wildman–Crippen LogP) is 1.61. The van der Waals surface area contributed by atoms with Crippen LogP contribution in [-0.4, -0.2) is 31.2 Å². The van der Waals surface area contributed by atoms with Gasteiger partial charge in [0.2, 0.25) is 0 Å². The Balaban J connectivity index is 2.86. The molecule has 0 aliphatic heterocycles. The third-order valence-corrected chi connectivity index (χ3v) is 3.23. The zero-order chi connectivity index (χ0) is 13.1. The summed E-state index contributed by atoms with van der Waals surface area (Å²) in [6.45, 7) is 1.09.